The number of carboxylic acid groups (broad SMARTS) is 1. The van der Waals surface area contributed by atoms with E-state index < -0.39 is 11.9 Å². The Hall–Kier alpha value is -1.30. The summed E-state index contributed by atoms with van der Waals surface area (Å²) in [6.45, 7) is 10.1. The minimum Gasteiger partial charge on any atom is -0.481 e. The lowest BCUT2D eigenvalue weighted by Gasteiger charge is -2.17. The van der Waals surface area contributed by atoms with Gasteiger partial charge in [-0.2, -0.15) is 0 Å². The van der Waals surface area contributed by atoms with Crippen molar-refractivity contribution in [3.63, 3.8) is 0 Å². The molecule has 0 aliphatic carbocycles. The van der Waals surface area contributed by atoms with Gasteiger partial charge in [-0.15, -0.1) is 0 Å². The van der Waals surface area contributed by atoms with Crippen molar-refractivity contribution in [1.82, 2.24) is 15.5 Å². The fourth-order valence-corrected chi connectivity index (χ4v) is 2.72. The number of amides is 2. The minimum absolute atomic E-state index is 0.186. The van der Waals surface area contributed by atoms with Crippen LogP contribution in [-0.2, 0) is 4.79 Å². The van der Waals surface area contributed by atoms with Gasteiger partial charge < -0.3 is 20.6 Å². The molecule has 1 aliphatic rings. The molecule has 1 rings (SSSR count). The van der Waals surface area contributed by atoms with Crippen LogP contribution in [-0.4, -0.2) is 54.7 Å². The van der Waals surface area contributed by atoms with Crippen molar-refractivity contribution >= 4 is 12.0 Å². The number of rotatable bonds is 8. The van der Waals surface area contributed by atoms with Gasteiger partial charge in [0.1, 0.15) is 0 Å². The van der Waals surface area contributed by atoms with Crippen molar-refractivity contribution in [2.24, 2.45) is 17.8 Å². The van der Waals surface area contributed by atoms with Gasteiger partial charge in [-0.25, -0.2) is 4.79 Å². The molecule has 0 radical (unpaired) electrons. The zero-order chi connectivity index (χ0) is 15.8. The molecule has 0 bridgehead atoms. The number of carbonyl (C=O) groups excluding carboxylic acids is 1. The highest BCUT2D eigenvalue weighted by atomic mass is 16.4. The van der Waals surface area contributed by atoms with Crippen molar-refractivity contribution in [3.05, 3.63) is 0 Å². The summed E-state index contributed by atoms with van der Waals surface area (Å²) in [6, 6.07) is -0.264. The Bertz CT molecular complexity index is 347. The molecule has 0 spiro atoms. The average molecular weight is 299 g/mol. The molecule has 1 fully saturated rings. The lowest BCUT2D eigenvalue weighted by Crippen LogP contribution is -2.42. The van der Waals surface area contributed by atoms with E-state index in [1.165, 1.54) is 0 Å². The second kappa shape index (κ2) is 8.87. The predicted octanol–water partition coefficient (Wildman–Crippen LogP) is 1.37. The van der Waals surface area contributed by atoms with Gasteiger partial charge in [-0.1, -0.05) is 20.8 Å². The maximum atomic E-state index is 11.7. The number of carboxylic acids is 1. The lowest BCUT2D eigenvalue weighted by atomic mass is 9.97. The fourth-order valence-electron chi connectivity index (χ4n) is 2.72. The zero-order valence-corrected chi connectivity index (χ0v) is 13.4. The molecule has 1 aliphatic heterocycles. The number of carbonyl (C=O) groups is 2. The summed E-state index contributed by atoms with van der Waals surface area (Å²) in [5.41, 5.74) is 0. The summed E-state index contributed by atoms with van der Waals surface area (Å²) in [5.74, 6) is -0.563. The van der Waals surface area contributed by atoms with Crippen LogP contribution in [0.25, 0.3) is 0 Å². The van der Waals surface area contributed by atoms with Crippen LogP contribution in [0.2, 0.25) is 0 Å². The van der Waals surface area contributed by atoms with Gasteiger partial charge in [0, 0.05) is 19.6 Å². The maximum absolute atomic E-state index is 11.7. The number of hydrogen-bond acceptors (Lipinski definition) is 3. The third-order valence-electron chi connectivity index (χ3n) is 3.98. The monoisotopic (exact) mass is 299 g/mol. The SMILES string of the molecule is CCN1CCC(CNC(=O)NCC(CC(C)C)C(=O)O)C1. The topological polar surface area (TPSA) is 81.7 Å². The average Bonchev–Trinajstić information content (AvgIpc) is 2.88. The first-order chi connectivity index (χ1) is 9.92. The summed E-state index contributed by atoms with van der Waals surface area (Å²) in [4.78, 5) is 25.2. The second-order valence-corrected chi connectivity index (χ2v) is 6.30. The summed E-state index contributed by atoms with van der Waals surface area (Å²) in [5, 5.41) is 14.6. The standard InChI is InChI=1S/C15H29N3O3/c1-4-18-6-5-12(10-18)8-16-15(21)17-9-13(14(19)20)7-11(2)3/h11-13H,4-10H2,1-3H3,(H,19,20)(H2,16,17,21). The number of hydrogen-bond donors (Lipinski definition) is 3. The van der Waals surface area contributed by atoms with Crippen LogP contribution in [0.15, 0.2) is 0 Å². The van der Waals surface area contributed by atoms with Gasteiger partial charge in [0.05, 0.1) is 5.92 Å². The van der Waals surface area contributed by atoms with Crippen molar-refractivity contribution < 1.29 is 14.7 Å². The van der Waals surface area contributed by atoms with E-state index in [0.717, 1.165) is 26.1 Å². The molecule has 0 aromatic rings. The van der Waals surface area contributed by atoms with E-state index in [2.05, 4.69) is 22.5 Å². The highest BCUT2D eigenvalue weighted by Crippen LogP contribution is 2.14. The maximum Gasteiger partial charge on any atom is 0.314 e. The highest BCUT2D eigenvalue weighted by molar-refractivity contribution is 5.75. The third-order valence-corrected chi connectivity index (χ3v) is 3.98. The van der Waals surface area contributed by atoms with Crippen LogP contribution in [0, 0.1) is 17.8 Å². The summed E-state index contributed by atoms with van der Waals surface area (Å²) < 4.78 is 0. The van der Waals surface area contributed by atoms with Crippen molar-refractivity contribution in [1.29, 1.82) is 0 Å². The van der Waals surface area contributed by atoms with Crippen molar-refractivity contribution in [2.45, 2.75) is 33.6 Å². The van der Waals surface area contributed by atoms with Gasteiger partial charge in [-0.3, -0.25) is 4.79 Å². The molecule has 0 saturated carbocycles. The van der Waals surface area contributed by atoms with E-state index in [4.69, 9.17) is 5.11 Å². The van der Waals surface area contributed by atoms with E-state index in [0.29, 0.717) is 24.8 Å². The van der Waals surface area contributed by atoms with E-state index in [9.17, 15) is 9.59 Å². The van der Waals surface area contributed by atoms with E-state index >= 15 is 0 Å². The lowest BCUT2D eigenvalue weighted by molar-refractivity contribution is -0.142. The fraction of sp³-hybridized carbons (Fsp3) is 0.867. The smallest absolute Gasteiger partial charge is 0.314 e. The quantitative estimate of drug-likeness (QED) is 0.632. The zero-order valence-electron chi connectivity index (χ0n) is 13.4. The van der Waals surface area contributed by atoms with E-state index in [1.54, 1.807) is 0 Å². The van der Waals surface area contributed by atoms with Gasteiger partial charge in [-0.05, 0) is 37.8 Å². The molecule has 6 heteroatoms. The molecular formula is C15H29N3O3. The Morgan fingerprint density at radius 3 is 2.57 bits per heavy atom. The number of nitrogens with zero attached hydrogens (tertiary/aromatic N) is 1. The van der Waals surface area contributed by atoms with Gasteiger partial charge in [0.25, 0.3) is 0 Å². The molecule has 1 saturated heterocycles. The summed E-state index contributed by atoms with van der Waals surface area (Å²) in [7, 11) is 0. The first kappa shape index (κ1) is 17.8. The van der Waals surface area contributed by atoms with Crippen LogP contribution in [0.3, 0.4) is 0 Å². The highest BCUT2D eigenvalue weighted by Gasteiger charge is 2.22. The first-order valence-corrected chi connectivity index (χ1v) is 7.89. The summed E-state index contributed by atoms with van der Waals surface area (Å²) in [6.07, 6.45) is 1.68. The first-order valence-electron chi connectivity index (χ1n) is 7.89. The number of aliphatic carboxylic acids is 1. The molecular weight excluding hydrogens is 270 g/mol. The van der Waals surface area contributed by atoms with Crippen LogP contribution in [0.4, 0.5) is 4.79 Å². The Labute approximate surface area is 127 Å². The van der Waals surface area contributed by atoms with Gasteiger partial charge in [0.2, 0.25) is 0 Å². The Balaban J connectivity index is 2.22. The van der Waals surface area contributed by atoms with E-state index in [1.807, 2.05) is 13.8 Å². The van der Waals surface area contributed by atoms with Crippen molar-refractivity contribution in [3.8, 4) is 0 Å². The van der Waals surface area contributed by atoms with E-state index in [-0.39, 0.29) is 12.6 Å². The molecule has 2 amide bonds. The molecule has 2 unspecified atom stereocenters. The molecule has 122 valence electrons. The Kier molecular flexibility index (Phi) is 7.50. The largest absolute Gasteiger partial charge is 0.481 e. The number of nitrogens with one attached hydrogen (secondary N) is 2. The van der Waals surface area contributed by atoms with Crippen molar-refractivity contribution in [2.75, 3.05) is 32.7 Å². The van der Waals surface area contributed by atoms with Gasteiger partial charge >= 0.3 is 12.0 Å². The Morgan fingerprint density at radius 1 is 1.33 bits per heavy atom. The molecule has 0 aromatic carbocycles. The molecule has 3 N–H and O–H groups in total. The van der Waals surface area contributed by atoms with Gasteiger partial charge in [0.15, 0.2) is 0 Å². The Morgan fingerprint density at radius 2 is 2.05 bits per heavy atom. The van der Waals surface area contributed by atoms with Crippen LogP contribution < -0.4 is 10.6 Å². The van der Waals surface area contributed by atoms with Crippen LogP contribution in [0.5, 0.6) is 0 Å². The normalized spacial score (nSPS) is 20.5. The number of likely N-dealkylation sites (tertiary alicyclic amines) is 1. The third kappa shape index (κ3) is 6.80. The molecule has 21 heavy (non-hydrogen) atoms. The second-order valence-electron chi connectivity index (χ2n) is 6.30. The molecule has 1 heterocycles. The summed E-state index contributed by atoms with van der Waals surface area (Å²) >= 11 is 0. The molecule has 6 nitrogen and oxygen atoms in total. The molecule has 0 aromatic heterocycles. The van der Waals surface area contributed by atoms with Crippen LogP contribution in [0.1, 0.15) is 33.6 Å². The predicted molar refractivity (Wildman–Crippen MR) is 82.2 cm³/mol. The molecule has 2 atom stereocenters. The number of urea groups is 1. The van der Waals surface area contributed by atoms with Crippen LogP contribution >= 0.6 is 0 Å². The minimum atomic E-state index is -0.849.